The molecule has 1 N–H and O–H groups in total. The summed E-state index contributed by atoms with van der Waals surface area (Å²) in [6.45, 7) is 0. The predicted octanol–water partition coefficient (Wildman–Crippen LogP) is 3.42. The molecule has 0 bridgehead atoms. The van der Waals surface area contributed by atoms with Gasteiger partial charge in [-0.1, -0.05) is 12.1 Å². The predicted molar refractivity (Wildman–Crippen MR) is 70.2 cm³/mol. The first kappa shape index (κ1) is 14.4. The third-order valence-electron chi connectivity index (χ3n) is 3.08. The number of benzene rings is 2. The molecule has 0 amide bonds. The van der Waals surface area contributed by atoms with Crippen LogP contribution in [0, 0.1) is 17.5 Å². The van der Waals surface area contributed by atoms with Crippen LogP contribution >= 0.6 is 0 Å². The minimum absolute atomic E-state index is 0.150. The Kier molecular flexibility index (Phi) is 4.29. The molecule has 0 fully saturated rings. The van der Waals surface area contributed by atoms with Crippen LogP contribution in [0.4, 0.5) is 13.2 Å². The zero-order valence-corrected chi connectivity index (χ0v) is 11.1. The van der Waals surface area contributed by atoms with E-state index in [0.717, 1.165) is 12.1 Å². The lowest BCUT2D eigenvalue weighted by Gasteiger charge is -2.21. The van der Waals surface area contributed by atoms with Crippen LogP contribution in [0.3, 0.4) is 0 Å². The molecule has 0 spiro atoms. The third-order valence-corrected chi connectivity index (χ3v) is 3.08. The quantitative estimate of drug-likeness (QED) is 0.927. The van der Waals surface area contributed by atoms with Crippen LogP contribution in [-0.2, 0) is 0 Å². The molecule has 5 heteroatoms. The van der Waals surface area contributed by atoms with Gasteiger partial charge in [0.05, 0.1) is 18.7 Å². The molecule has 2 aromatic rings. The summed E-state index contributed by atoms with van der Waals surface area (Å²) in [5.41, 5.74) is 0.334. The molecular weight excluding hydrogens is 267 g/mol. The van der Waals surface area contributed by atoms with E-state index in [0.29, 0.717) is 5.75 Å². The van der Waals surface area contributed by atoms with Crippen molar-refractivity contribution in [3.05, 3.63) is 65.0 Å². The summed E-state index contributed by atoms with van der Waals surface area (Å²) < 4.78 is 46.1. The van der Waals surface area contributed by atoms with Gasteiger partial charge in [-0.25, -0.2) is 13.2 Å². The molecule has 0 saturated carbocycles. The number of hydrogen-bond donors (Lipinski definition) is 1. The largest absolute Gasteiger partial charge is 0.496 e. The number of rotatable bonds is 4. The summed E-state index contributed by atoms with van der Waals surface area (Å²) in [7, 11) is 2.98. The standard InChI is InChI=1S/C15H14F3NO/c1-19-15(10-7-6-9(16)8-12(10)18)14-11(17)4-3-5-13(14)20-2/h3-8,15,19H,1-2H3. The molecule has 2 aromatic carbocycles. The minimum atomic E-state index is -0.772. The third kappa shape index (κ3) is 2.63. The summed E-state index contributed by atoms with van der Waals surface area (Å²) in [6, 6.07) is 6.78. The Hall–Kier alpha value is -2.01. The van der Waals surface area contributed by atoms with Crippen molar-refractivity contribution in [3.63, 3.8) is 0 Å². The first-order valence-electron chi connectivity index (χ1n) is 6.03. The summed E-state index contributed by atoms with van der Waals surface area (Å²) in [5.74, 6) is -1.64. The second kappa shape index (κ2) is 5.96. The van der Waals surface area contributed by atoms with E-state index >= 15 is 0 Å². The van der Waals surface area contributed by atoms with Gasteiger partial charge in [0.2, 0.25) is 0 Å². The zero-order valence-electron chi connectivity index (χ0n) is 11.1. The Bertz CT molecular complexity index is 616. The lowest BCUT2D eigenvalue weighted by Crippen LogP contribution is -2.21. The summed E-state index contributed by atoms with van der Waals surface area (Å²) >= 11 is 0. The van der Waals surface area contributed by atoms with Crippen LogP contribution in [0.1, 0.15) is 17.2 Å². The van der Waals surface area contributed by atoms with Crippen molar-refractivity contribution in [1.82, 2.24) is 5.32 Å². The monoisotopic (exact) mass is 281 g/mol. The summed E-state index contributed by atoms with van der Waals surface area (Å²) in [4.78, 5) is 0. The number of hydrogen-bond acceptors (Lipinski definition) is 2. The number of nitrogens with one attached hydrogen (secondary N) is 1. The fourth-order valence-electron chi connectivity index (χ4n) is 2.17. The second-order valence-electron chi connectivity index (χ2n) is 4.24. The molecule has 0 aromatic heterocycles. The molecule has 1 unspecified atom stereocenters. The summed E-state index contributed by atoms with van der Waals surface area (Å²) in [5, 5.41) is 2.83. The van der Waals surface area contributed by atoms with Crippen molar-refractivity contribution in [2.45, 2.75) is 6.04 Å². The molecule has 0 heterocycles. The number of ether oxygens (including phenoxy) is 1. The van der Waals surface area contributed by atoms with E-state index in [1.54, 1.807) is 13.1 Å². The second-order valence-corrected chi connectivity index (χ2v) is 4.24. The van der Waals surface area contributed by atoms with Crippen LogP contribution in [-0.4, -0.2) is 14.2 Å². The molecule has 0 aliphatic rings. The highest BCUT2D eigenvalue weighted by Crippen LogP contribution is 2.33. The van der Waals surface area contributed by atoms with Crippen LogP contribution in [0.5, 0.6) is 5.75 Å². The van der Waals surface area contributed by atoms with Gasteiger partial charge >= 0.3 is 0 Å². The van der Waals surface area contributed by atoms with E-state index < -0.39 is 23.5 Å². The molecule has 0 aliphatic carbocycles. The highest BCUT2D eigenvalue weighted by Gasteiger charge is 2.23. The fourth-order valence-corrected chi connectivity index (χ4v) is 2.17. The van der Waals surface area contributed by atoms with Crippen molar-refractivity contribution in [2.24, 2.45) is 0 Å². The minimum Gasteiger partial charge on any atom is -0.496 e. The van der Waals surface area contributed by atoms with Gasteiger partial charge in [-0.3, -0.25) is 0 Å². The first-order valence-corrected chi connectivity index (χ1v) is 6.03. The fraction of sp³-hybridized carbons (Fsp3) is 0.200. The first-order chi connectivity index (χ1) is 9.58. The number of halogens is 3. The van der Waals surface area contributed by atoms with E-state index in [2.05, 4.69) is 5.32 Å². The molecule has 0 saturated heterocycles. The molecule has 106 valence electrons. The Balaban J connectivity index is 2.58. The average Bonchev–Trinajstić information content (AvgIpc) is 2.43. The average molecular weight is 281 g/mol. The van der Waals surface area contributed by atoms with Gasteiger partial charge in [-0.2, -0.15) is 0 Å². The smallest absolute Gasteiger partial charge is 0.132 e. The maximum atomic E-state index is 14.1. The van der Waals surface area contributed by atoms with Crippen molar-refractivity contribution >= 4 is 0 Å². The van der Waals surface area contributed by atoms with E-state index in [-0.39, 0.29) is 11.1 Å². The van der Waals surface area contributed by atoms with Gasteiger partial charge in [0.25, 0.3) is 0 Å². The van der Waals surface area contributed by atoms with Crippen molar-refractivity contribution in [3.8, 4) is 5.75 Å². The van der Waals surface area contributed by atoms with Crippen LogP contribution < -0.4 is 10.1 Å². The SMILES string of the molecule is CNC(c1ccc(F)cc1F)c1c(F)cccc1OC. The van der Waals surface area contributed by atoms with E-state index in [4.69, 9.17) is 4.74 Å². The van der Waals surface area contributed by atoms with Crippen LogP contribution in [0.2, 0.25) is 0 Å². The van der Waals surface area contributed by atoms with Gasteiger partial charge in [0.15, 0.2) is 0 Å². The Morgan fingerprint density at radius 1 is 1.05 bits per heavy atom. The van der Waals surface area contributed by atoms with Gasteiger partial charge in [0, 0.05) is 11.6 Å². The number of methoxy groups -OCH3 is 1. The van der Waals surface area contributed by atoms with Gasteiger partial charge in [0.1, 0.15) is 23.2 Å². The molecule has 2 nitrogen and oxygen atoms in total. The normalized spacial score (nSPS) is 12.2. The Morgan fingerprint density at radius 3 is 2.40 bits per heavy atom. The molecule has 1 atom stereocenters. The molecule has 0 radical (unpaired) electrons. The van der Waals surface area contributed by atoms with E-state index in [1.807, 2.05) is 0 Å². The van der Waals surface area contributed by atoms with Gasteiger partial charge < -0.3 is 10.1 Å². The lowest BCUT2D eigenvalue weighted by molar-refractivity contribution is 0.397. The molecule has 2 rings (SSSR count). The van der Waals surface area contributed by atoms with Crippen LogP contribution in [0.15, 0.2) is 36.4 Å². The zero-order chi connectivity index (χ0) is 14.7. The van der Waals surface area contributed by atoms with Gasteiger partial charge in [-0.15, -0.1) is 0 Å². The highest BCUT2D eigenvalue weighted by molar-refractivity contribution is 5.43. The highest BCUT2D eigenvalue weighted by atomic mass is 19.1. The summed E-state index contributed by atoms with van der Waals surface area (Å²) in [6.07, 6.45) is 0. The van der Waals surface area contributed by atoms with Crippen molar-refractivity contribution in [2.75, 3.05) is 14.2 Å². The molecule has 0 aliphatic heterocycles. The van der Waals surface area contributed by atoms with E-state index in [1.165, 1.54) is 25.3 Å². The topological polar surface area (TPSA) is 21.3 Å². The lowest BCUT2D eigenvalue weighted by atomic mass is 9.97. The molecular formula is C15H14F3NO. The maximum Gasteiger partial charge on any atom is 0.132 e. The van der Waals surface area contributed by atoms with Crippen molar-refractivity contribution < 1.29 is 17.9 Å². The Morgan fingerprint density at radius 2 is 1.80 bits per heavy atom. The van der Waals surface area contributed by atoms with E-state index in [9.17, 15) is 13.2 Å². The maximum absolute atomic E-state index is 14.1. The Labute approximate surface area is 115 Å². The van der Waals surface area contributed by atoms with Crippen LogP contribution in [0.25, 0.3) is 0 Å². The van der Waals surface area contributed by atoms with Crippen molar-refractivity contribution in [1.29, 1.82) is 0 Å². The molecule has 20 heavy (non-hydrogen) atoms. The van der Waals surface area contributed by atoms with Gasteiger partial charge in [-0.05, 0) is 25.2 Å².